The topological polar surface area (TPSA) is 109 Å². The Bertz CT molecular complexity index is 520. The van der Waals surface area contributed by atoms with Crippen molar-refractivity contribution in [3.05, 3.63) is 12.2 Å². The van der Waals surface area contributed by atoms with Crippen LogP contribution in [0, 0.1) is 11.8 Å². The Labute approximate surface area is 141 Å². The summed E-state index contributed by atoms with van der Waals surface area (Å²) < 4.78 is 5.71. The monoisotopic (exact) mass is 339 g/mol. The molecule has 0 aromatic heterocycles. The standard InChI is InChI=1S/C16H25N3O5/c1-10-3-8-14(19-24-16(22)17-2)18-15(21)13(10)7-6-11-4-5-12(9-20)23-11/h3,8,10-13,20H,4-7,9H2,1-2H3,(H,17,22)(H,18,19,21)/t10?,11-,12+,13?/m1/s1. The van der Waals surface area contributed by atoms with Crippen molar-refractivity contribution in [1.82, 2.24) is 10.6 Å². The molecule has 1 fully saturated rings. The summed E-state index contributed by atoms with van der Waals surface area (Å²) in [7, 11) is 1.43. The molecule has 24 heavy (non-hydrogen) atoms. The van der Waals surface area contributed by atoms with Crippen LogP contribution in [0.1, 0.15) is 32.6 Å². The van der Waals surface area contributed by atoms with Gasteiger partial charge in [0, 0.05) is 13.0 Å². The van der Waals surface area contributed by atoms with Gasteiger partial charge in [0.2, 0.25) is 5.91 Å². The molecule has 0 bridgehead atoms. The van der Waals surface area contributed by atoms with Gasteiger partial charge in [-0.25, -0.2) is 4.79 Å². The molecule has 0 spiro atoms. The second kappa shape index (κ2) is 8.79. The van der Waals surface area contributed by atoms with Gasteiger partial charge in [0.15, 0.2) is 5.84 Å². The van der Waals surface area contributed by atoms with Gasteiger partial charge in [0.25, 0.3) is 0 Å². The van der Waals surface area contributed by atoms with Gasteiger partial charge < -0.3 is 20.5 Å². The van der Waals surface area contributed by atoms with Crippen molar-refractivity contribution >= 4 is 17.8 Å². The van der Waals surface area contributed by atoms with Crippen LogP contribution in [0.5, 0.6) is 0 Å². The minimum atomic E-state index is -0.698. The molecule has 0 saturated carbocycles. The number of oxime groups is 1. The second-order valence-corrected chi connectivity index (χ2v) is 6.14. The van der Waals surface area contributed by atoms with E-state index in [2.05, 4.69) is 20.6 Å². The van der Waals surface area contributed by atoms with Crippen LogP contribution in [0.4, 0.5) is 4.79 Å². The normalized spacial score (nSPS) is 31.6. The molecular weight excluding hydrogens is 314 g/mol. The average Bonchev–Trinajstić information content (AvgIpc) is 2.99. The Hall–Kier alpha value is -1.93. The van der Waals surface area contributed by atoms with Crippen molar-refractivity contribution in [3.8, 4) is 0 Å². The first kappa shape index (κ1) is 18.4. The molecule has 3 N–H and O–H groups in total. The summed E-state index contributed by atoms with van der Waals surface area (Å²) in [5.41, 5.74) is 0. The Morgan fingerprint density at radius 3 is 2.88 bits per heavy atom. The van der Waals surface area contributed by atoms with Crippen LogP contribution in [0.3, 0.4) is 0 Å². The maximum atomic E-state index is 12.4. The van der Waals surface area contributed by atoms with E-state index in [0.717, 1.165) is 19.3 Å². The zero-order valence-corrected chi connectivity index (χ0v) is 14.0. The summed E-state index contributed by atoms with van der Waals surface area (Å²) in [6.07, 6.45) is 6.07. The molecule has 8 nitrogen and oxygen atoms in total. The second-order valence-electron chi connectivity index (χ2n) is 6.14. The number of aliphatic hydroxyl groups is 1. The van der Waals surface area contributed by atoms with E-state index in [0.29, 0.717) is 6.42 Å². The molecule has 2 aliphatic rings. The molecule has 0 aromatic carbocycles. The van der Waals surface area contributed by atoms with E-state index in [1.807, 2.05) is 13.0 Å². The first-order valence-corrected chi connectivity index (χ1v) is 8.25. The van der Waals surface area contributed by atoms with Gasteiger partial charge >= 0.3 is 6.09 Å². The number of carbonyl (C=O) groups excluding carboxylic acids is 2. The molecule has 0 aromatic rings. The average molecular weight is 339 g/mol. The molecule has 2 unspecified atom stereocenters. The third-order valence-corrected chi connectivity index (χ3v) is 4.41. The summed E-state index contributed by atoms with van der Waals surface area (Å²) in [6.45, 7) is 2.01. The predicted molar refractivity (Wildman–Crippen MR) is 87.1 cm³/mol. The molecule has 134 valence electrons. The Balaban J connectivity index is 1.89. The summed E-state index contributed by atoms with van der Waals surface area (Å²) in [6, 6.07) is 0. The van der Waals surface area contributed by atoms with E-state index in [1.165, 1.54) is 7.05 Å². The predicted octanol–water partition coefficient (Wildman–Crippen LogP) is 0.914. The first-order chi connectivity index (χ1) is 11.5. The van der Waals surface area contributed by atoms with Gasteiger partial charge in [-0.05, 0) is 37.7 Å². The van der Waals surface area contributed by atoms with Crippen molar-refractivity contribution in [2.75, 3.05) is 13.7 Å². The SMILES string of the molecule is CNC(=O)ON=C1C=CC(C)C(CC[C@H]2CC[C@@H](CO)O2)C(=O)N1. The zero-order chi connectivity index (χ0) is 17.5. The lowest BCUT2D eigenvalue weighted by Gasteiger charge is -2.20. The summed E-state index contributed by atoms with van der Waals surface area (Å²) >= 11 is 0. The van der Waals surface area contributed by atoms with Gasteiger partial charge in [0.1, 0.15) is 0 Å². The molecule has 0 radical (unpaired) electrons. The minimum absolute atomic E-state index is 0.0349. The number of nitrogens with one attached hydrogen (secondary N) is 2. The fourth-order valence-electron chi connectivity index (χ4n) is 2.95. The van der Waals surface area contributed by atoms with Gasteiger partial charge in [-0.3, -0.25) is 9.63 Å². The largest absolute Gasteiger partial charge is 0.433 e. The highest BCUT2D eigenvalue weighted by molar-refractivity contribution is 6.05. The van der Waals surface area contributed by atoms with Crippen molar-refractivity contribution < 1.29 is 24.3 Å². The van der Waals surface area contributed by atoms with Gasteiger partial charge in [-0.15, -0.1) is 0 Å². The van der Waals surface area contributed by atoms with Crippen molar-refractivity contribution in [2.24, 2.45) is 17.0 Å². The Morgan fingerprint density at radius 2 is 2.21 bits per heavy atom. The summed E-state index contributed by atoms with van der Waals surface area (Å²) in [4.78, 5) is 28.0. The van der Waals surface area contributed by atoms with E-state index < -0.39 is 6.09 Å². The van der Waals surface area contributed by atoms with Crippen molar-refractivity contribution in [1.29, 1.82) is 0 Å². The number of hydrogen-bond acceptors (Lipinski definition) is 6. The fourth-order valence-corrected chi connectivity index (χ4v) is 2.95. The molecule has 0 aliphatic carbocycles. The quantitative estimate of drug-likeness (QED) is 0.510. The Kier molecular flexibility index (Phi) is 6.74. The number of hydrogen-bond donors (Lipinski definition) is 3. The molecule has 2 rings (SSSR count). The molecule has 4 atom stereocenters. The van der Waals surface area contributed by atoms with E-state index in [4.69, 9.17) is 9.84 Å². The molecule has 2 aliphatic heterocycles. The highest BCUT2D eigenvalue weighted by Crippen LogP contribution is 2.28. The fraction of sp³-hybridized carbons (Fsp3) is 0.688. The molecule has 2 heterocycles. The van der Waals surface area contributed by atoms with Crippen molar-refractivity contribution in [3.63, 3.8) is 0 Å². The number of ether oxygens (including phenoxy) is 1. The van der Waals surface area contributed by atoms with E-state index in [-0.39, 0.29) is 42.4 Å². The molecule has 1 saturated heterocycles. The minimum Gasteiger partial charge on any atom is -0.394 e. The lowest BCUT2D eigenvalue weighted by atomic mass is 9.88. The molecule has 2 amide bonds. The van der Waals surface area contributed by atoms with Gasteiger partial charge in [0.05, 0.1) is 18.8 Å². The van der Waals surface area contributed by atoms with Crippen LogP contribution in [0.25, 0.3) is 0 Å². The molecular formula is C16H25N3O5. The number of aliphatic hydroxyl groups excluding tert-OH is 1. The van der Waals surface area contributed by atoms with E-state index >= 15 is 0 Å². The van der Waals surface area contributed by atoms with Gasteiger partial charge in [-0.1, -0.05) is 18.2 Å². The number of rotatable bonds is 5. The maximum Gasteiger partial charge on any atom is 0.433 e. The Morgan fingerprint density at radius 1 is 1.46 bits per heavy atom. The number of allylic oxidation sites excluding steroid dienone is 1. The molecule has 8 heteroatoms. The summed E-state index contributed by atoms with van der Waals surface area (Å²) in [5, 5.41) is 17.7. The van der Waals surface area contributed by atoms with Crippen LogP contribution in [-0.4, -0.2) is 48.8 Å². The van der Waals surface area contributed by atoms with Gasteiger partial charge in [-0.2, -0.15) is 0 Å². The van der Waals surface area contributed by atoms with Crippen molar-refractivity contribution in [2.45, 2.75) is 44.8 Å². The van der Waals surface area contributed by atoms with Crippen LogP contribution >= 0.6 is 0 Å². The third kappa shape index (κ3) is 5.04. The first-order valence-electron chi connectivity index (χ1n) is 8.25. The van der Waals surface area contributed by atoms with Crippen LogP contribution in [-0.2, 0) is 14.4 Å². The zero-order valence-electron chi connectivity index (χ0n) is 14.0. The van der Waals surface area contributed by atoms with E-state index in [9.17, 15) is 9.59 Å². The van der Waals surface area contributed by atoms with Crippen LogP contribution in [0.15, 0.2) is 17.3 Å². The number of carbonyl (C=O) groups is 2. The number of amidine groups is 1. The third-order valence-electron chi connectivity index (χ3n) is 4.41. The number of amides is 2. The lowest BCUT2D eigenvalue weighted by molar-refractivity contribution is -0.124. The van der Waals surface area contributed by atoms with Crippen LogP contribution < -0.4 is 10.6 Å². The lowest BCUT2D eigenvalue weighted by Crippen LogP contribution is -2.36. The maximum absolute atomic E-state index is 12.4. The smallest absolute Gasteiger partial charge is 0.394 e. The van der Waals surface area contributed by atoms with E-state index in [1.54, 1.807) is 6.08 Å². The van der Waals surface area contributed by atoms with Crippen LogP contribution in [0.2, 0.25) is 0 Å². The summed E-state index contributed by atoms with van der Waals surface area (Å²) in [5.74, 6) is -0.114. The number of nitrogens with zero attached hydrogens (tertiary/aromatic N) is 1. The highest BCUT2D eigenvalue weighted by Gasteiger charge is 2.30. The highest BCUT2D eigenvalue weighted by atomic mass is 16.7.